The zero-order chi connectivity index (χ0) is 8.67. The molecular formula is C11H12O2. The van der Waals surface area contributed by atoms with Gasteiger partial charge in [0.1, 0.15) is 6.79 Å². The Hall–Kier alpha value is -0.860. The van der Waals surface area contributed by atoms with Crippen LogP contribution in [0.1, 0.15) is 17.2 Å². The van der Waals surface area contributed by atoms with Gasteiger partial charge in [-0.25, -0.2) is 0 Å². The monoisotopic (exact) mass is 176 g/mol. The highest BCUT2D eigenvalue weighted by molar-refractivity contribution is 5.34. The van der Waals surface area contributed by atoms with Gasteiger partial charge in [0.25, 0.3) is 0 Å². The lowest BCUT2D eigenvalue weighted by molar-refractivity contribution is -0.166. The van der Waals surface area contributed by atoms with Crippen LogP contribution in [0, 0.1) is 5.92 Å². The van der Waals surface area contributed by atoms with Crippen molar-refractivity contribution in [3.8, 4) is 0 Å². The smallest absolute Gasteiger partial charge is 0.147 e. The van der Waals surface area contributed by atoms with E-state index in [1.165, 1.54) is 11.1 Å². The maximum Gasteiger partial charge on any atom is 0.147 e. The van der Waals surface area contributed by atoms with E-state index in [0.29, 0.717) is 18.8 Å². The van der Waals surface area contributed by atoms with Crippen molar-refractivity contribution in [1.82, 2.24) is 0 Å². The van der Waals surface area contributed by atoms with Gasteiger partial charge in [-0.15, -0.1) is 0 Å². The molecule has 1 aliphatic heterocycles. The van der Waals surface area contributed by atoms with Crippen molar-refractivity contribution in [3.05, 3.63) is 35.4 Å². The summed E-state index contributed by atoms with van der Waals surface area (Å²) in [5, 5.41) is 0. The summed E-state index contributed by atoms with van der Waals surface area (Å²) >= 11 is 0. The summed E-state index contributed by atoms with van der Waals surface area (Å²) in [5.74, 6) is 0.547. The summed E-state index contributed by atoms with van der Waals surface area (Å²) in [6.45, 7) is 1.30. The van der Waals surface area contributed by atoms with Gasteiger partial charge in [0, 0.05) is 5.92 Å². The number of ether oxygens (including phenoxy) is 2. The predicted molar refractivity (Wildman–Crippen MR) is 48.3 cm³/mol. The molecule has 0 radical (unpaired) electrons. The number of hydrogen-bond acceptors (Lipinski definition) is 2. The summed E-state index contributed by atoms with van der Waals surface area (Å²) in [4.78, 5) is 0. The molecule has 2 unspecified atom stereocenters. The highest BCUT2D eigenvalue weighted by atomic mass is 16.7. The standard InChI is InChI=1S/C11H12O2/c1-2-4-10-8(3-1)5-9-6-12-7-13-11(9)10/h1-4,9,11H,5-7H2. The van der Waals surface area contributed by atoms with Crippen molar-refractivity contribution in [2.75, 3.05) is 13.4 Å². The van der Waals surface area contributed by atoms with Crippen LogP contribution in [0.2, 0.25) is 0 Å². The van der Waals surface area contributed by atoms with Gasteiger partial charge in [-0.1, -0.05) is 24.3 Å². The Morgan fingerprint density at radius 1 is 1.23 bits per heavy atom. The molecular weight excluding hydrogens is 164 g/mol. The molecule has 1 aromatic rings. The second-order valence-corrected chi connectivity index (χ2v) is 3.74. The van der Waals surface area contributed by atoms with Crippen LogP contribution in [-0.2, 0) is 15.9 Å². The first-order chi connectivity index (χ1) is 6.45. The fraction of sp³-hybridized carbons (Fsp3) is 0.455. The van der Waals surface area contributed by atoms with E-state index in [1.54, 1.807) is 0 Å². The van der Waals surface area contributed by atoms with Gasteiger partial charge in [0.15, 0.2) is 0 Å². The second kappa shape index (κ2) is 2.82. The first-order valence-corrected chi connectivity index (χ1v) is 4.72. The van der Waals surface area contributed by atoms with Crippen molar-refractivity contribution >= 4 is 0 Å². The minimum Gasteiger partial charge on any atom is -0.355 e. The SMILES string of the molecule is c1ccc2c(c1)CC1COCOC21. The molecule has 1 aromatic carbocycles. The average molecular weight is 176 g/mol. The zero-order valence-corrected chi connectivity index (χ0v) is 7.40. The van der Waals surface area contributed by atoms with Crippen LogP contribution in [0.5, 0.6) is 0 Å². The predicted octanol–water partition coefficient (Wildman–Crippen LogP) is 1.90. The van der Waals surface area contributed by atoms with E-state index in [-0.39, 0.29) is 0 Å². The minimum atomic E-state index is 0.296. The fourth-order valence-electron chi connectivity index (χ4n) is 2.33. The lowest BCUT2D eigenvalue weighted by Crippen LogP contribution is -2.24. The van der Waals surface area contributed by atoms with E-state index in [1.807, 2.05) is 0 Å². The summed E-state index contributed by atoms with van der Waals surface area (Å²) in [7, 11) is 0. The molecule has 0 aromatic heterocycles. The minimum absolute atomic E-state index is 0.296. The Balaban J connectivity index is 2.01. The molecule has 1 heterocycles. The average Bonchev–Trinajstić information content (AvgIpc) is 2.56. The third kappa shape index (κ3) is 1.10. The second-order valence-electron chi connectivity index (χ2n) is 3.74. The molecule has 0 saturated carbocycles. The molecule has 2 nitrogen and oxygen atoms in total. The normalized spacial score (nSPS) is 31.1. The molecule has 1 aliphatic carbocycles. The van der Waals surface area contributed by atoms with Gasteiger partial charge in [-0.3, -0.25) is 0 Å². The number of rotatable bonds is 0. The Morgan fingerprint density at radius 3 is 3.15 bits per heavy atom. The topological polar surface area (TPSA) is 18.5 Å². The summed E-state index contributed by atoms with van der Waals surface area (Å²) in [6.07, 6.45) is 1.41. The van der Waals surface area contributed by atoms with Crippen molar-refractivity contribution in [2.45, 2.75) is 12.5 Å². The maximum absolute atomic E-state index is 5.61. The molecule has 0 spiro atoms. The number of fused-ring (bicyclic) bond motifs is 3. The van der Waals surface area contributed by atoms with Crippen LogP contribution >= 0.6 is 0 Å². The van der Waals surface area contributed by atoms with E-state index < -0.39 is 0 Å². The first-order valence-electron chi connectivity index (χ1n) is 4.72. The van der Waals surface area contributed by atoms with E-state index in [2.05, 4.69) is 24.3 Å². The molecule has 0 amide bonds. The highest BCUT2D eigenvalue weighted by Crippen LogP contribution is 2.40. The number of hydrogen-bond donors (Lipinski definition) is 0. The molecule has 13 heavy (non-hydrogen) atoms. The van der Waals surface area contributed by atoms with E-state index in [9.17, 15) is 0 Å². The third-order valence-corrected chi connectivity index (χ3v) is 2.93. The van der Waals surface area contributed by atoms with Crippen LogP contribution in [0.15, 0.2) is 24.3 Å². The molecule has 3 rings (SSSR count). The Bertz CT molecular complexity index is 322. The van der Waals surface area contributed by atoms with Crippen molar-refractivity contribution in [2.24, 2.45) is 5.92 Å². The lowest BCUT2D eigenvalue weighted by atomic mass is 10.0. The van der Waals surface area contributed by atoms with Crippen LogP contribution in [0.3, 0.4) is 0 Å². The zero-order valence-electron chi connectivity index (χ0n) is 7.40. The van der Waals surface area contributed by atoms with Crippen molar-refractivity contribution in [1.29, 1.82) is 0 Å². The third-order valence-electron chi connectivity index (χ3n) is 2.93. The van der Waals surface area contributed by atoms with E-state index in [0.717, 1.165) is 13.0 Å². The van der Waals surface area contributed by atoms with Gasteiger partial charge in [0.2, 0.25) is 0 Å². The molecule has 1 saturated heterocycles. The Kier molecular flexibility index (Phi) is 1.64. The molecule has 0 N–H and O–H groups in total. The van der Waals surface area contributed by atoms with Gasteiger partial charge in [0.05, 0.1) is 12.7 Å². The Labute approximate surface area is 77.5 Å². The molecule has 68 valence electrons. The fourth-order valence-corrected chi connectivity index (χ4v) is 2.33. The van der Waals surface area contributed by atoms with Gasteiger partial charge in [-0.2, -0.15) is 0 Å². The quantitative estimate of drug-likeness (QED) is 0.601. The van der Waals surface area contributed by atoms with Crippen LogP contribution in [0.25, 0.3) is 0 Å². The van der Waals surface area contributed by atoms with E-state index >= 15 is 0 Å². The summed E-state index contributed by atoms with van der Waals surface area (Å²) in [6, 6.07) is 8.54. The van der Waals surface area contributed by atoms with Crippen molar-refractivity contribution in [3.63, 3.8) is 0 Å². The molecule has 2 atom stereocenters. The number of benzene rings is 1. The first kappa shape index (κ1) is 7.54. The van der Waals surface area contributed by atoms with Crippen molar-refractivity contribution < 1.29 is 9.47 Å². The van der Waals surface area contributed by atoms with E-state index in [4.69, 9.17) is 9.47 Å². The molecule has 0 bridgehead atoms. The highest BCUT2D eigenvalue weighted by Gasteiger charge is 2.35. The van der Waals surface area contributed by atoms with Crippen LogP contribution in [0.4, 0.5) is 0 Å². The lowest BCUT2D eigenvalue weighted by Gasteiger charge is -2.26. The van der Waals surface area contributed by atoms with Gasteiger partial charge >= 0.3 is 0 Å². The molecule has 2 aliphatic rings. The summed E-state index contributed by atoms with van der Waals surface area (Å²) < 4.78 is 10.9. The van der Waals surface area contributed by atoms with Gasteiger partial charge in [-0.05, 0) is 17.5 Å². The largest absolute Gasteiger partial charge is 0.355 e. The van der Waals surface area contributed by atoms with Crippen LogP contribution in [-0.4, -0.2) is 13.4 Å². The van der Waals surface area contributed by atoms with Crippen LogP contribution < -0.4 is 0 Å². The van der Waals surface area contributed by atoms with Gasteiger partial charge < -0.3 is 9.47 Å². The Morgan fingerprint density at radius 2 is 2.15 bits per heavy atom. The molecule has 1 fully saturated rings. The summed E-state index contributed by atoms with van der Waals surface area (Å²) in [5.41, 5.74) is 2.80. The maximum atomic E-state index is 5.61. The molecule has 2 heteroatoms.